The summed E-state index contributed by atoms with van der Waals surface area (Å²) < 4.78 is 20.2. The molecule has 0 spiro atoms. The van der Waals surface area contributed by atoms with E-state index in [1.165, 1.54) is 0 Å². The van der Waals surface area contributed by atoms with Crippen molar-refractivity contribution in [1.29, 1.82) is 0 Å². The molecule has 30 valence electrons. The zero-order valence-corrected chi connectivity index (χ0v) is 12.0. The van der Waals surface area contributed by atoms with Crippen LogP contribution in [0.4, 0.5) is 0 Å². The molecule has 0 aromatic rings. The van der Waals surface area contributed by atoms with Crippen LogP contribution in [-0.4, -0.2) is 0 Å². The Labute approximate surface area is 113 Å². The Morgan fingerprint density at radius 3 is 1.25 bits per heavy atom. The van der Waals surface area contributed by atoms with Crippen LogP contribution in [0.5, 0.6) is 0 Å². The predicted molar refractivity (Wildman–Crippen MR) is 9.38 cm³/mol. The fourth-order valence-electron chi connectivity index (χ4n) is 0. The van der Waals surface area contributed by atoms with Crippen LogP contribution in [0.1, 0.15) is 0 Å². The minimum Gasteiger partial charge on any atom is -0.710 e. The second-order valence-corrected chi connectivity index (χ2v) is 0.894. The maximum atomic E-state index is 8.87. The Morgan fingerprint density at radius 2 is 1.25 bits per heavy atom. The molecule has 0 aliphatic rings. The Balaban J connectivity index is -0.0000000267. The Kier molecular flexibility index (Phi) is 46.1. The van der Waals surface area contributed by atoms with Crippen molar-refractivity contribution < 1.29 is 108 Å². The van der Waals surface area contributed by atoms with Gasteiger partial charge in [0.1, 0.15) is 0 Å². The molecule has 0 saturated carbocycles. The predicted octanol–water partition coefficient (Wildman–Crippen LogP) is -9.62. The van der Waals surface area contributed by atoms with Crippen molar-refractivity contribution in [3.63, 3.8) is 0 Å². The normalized spacial score (nSPS) is 4.62. The van der Waals surface area contributed by atoms with Gasteiger partial charge >= 0.3 is 96.6 Å². The van der Waals surface area contributed by atoms with E-state index in [0.717, 1.165) is 0 Å². The zero-order valence-electron chi connectivity index (χ0n) is 5.08. The van der Waals surface area contributed by atoms with Crippen molar-refractivity contribution in [2.24, 2.45) is 0 Å². The number of hydrogen-bond donors (Lipinski definition) is 0. The fourth-order valence-corrected chi connectivity index (χ4v) is 0. The molecule has 8 heteroatoms. The molecule has 0 atom stereocenters. The van der Waals surface area contributed by atoms with E-state index in [2.05, 4.69) is 4.67 Å². The van der Waals surface area contributed by atoms with Crippen molar-refractivity contribution in [2.75, 3.05) is 0 Å². The van der Waals surface area contributed by atoms with Gasteiger partial charge in [0.25, 0.3) is 0 Å². The molecule has 0 rings (SSSR count). The minimum atomic E-state index is -3.15. The van der Waals surface area contributed by atoms with Gasteiger partial charge in [-0.3, -0.25) is 0 Å². The largest absolute Gasteiger partial charge is 1.00 e. The maximum absolute atomic E-state index is 8.87. The van der Waals surface area contributed by atoms with E-state index in [4.69, 9.17) is 14.4 Å². The molecule has 0 aliphatic heterocycles. The van der Waals surface area contributed by atoms with Gasteiger partial charge in [0.05, 0.1) is 0 Å². The van der Waals surface area contributed by atoms with Gasteiger partial charge in [0.15, 0.2) is 0 Å². The molecule has 8 heavy (non-hydrogen) atoms. The smallest absolute Gasteiger partial charge is 0.710 e. The van der Waals surface area contributed by atoms with Crippen LogP contribution in [0.2, 0.25) is 0 Å². The average molecular weight is 164 g/mol. The standard InChI is InChI=1S/3Na.HO4P/c;;;1-4-5(2)3/h;;;1H/q3*+1;/p-1. The van der Waals surface area contributed by atoms with Crippen LogP contribution >= 0.6 is 7.91 Å². The molecule has 0 unspecified atom stereocenters. The number of rotatable bonds is 1. The molecular weight excluding hydrogens is 164 g/mol. The Bertz CT molecular complexity index is 69.4. The third-order valence-electron chi connectivity index (χ3n) is 0.0609. The summed E-state index contributed by atoms with van der Waals surface area (Å²) in [6.07, 6.45) is 0. The van der Waals surface area contributed by atoms with E-state index in [-0.39, 0.29) is 88.7 Å². The molecule has 0 saturated heterocycles. The SMILES string of the molecule is O=P(=O)O[O-].[Na+].[Na+].[Na+]. The molecule has 0 amide bonds. The van der Waals surface area contributed by atoms with Crippen molar-refractivity contribution in [2.45, 2.75) is 0 Å². The van der Waals surface area contributed by atoms with Crippen molar-refractivity contribution in [3.8, 4) is 0 Å². The monoisotopic (exact) mass is 164 g/mol. The third kappa shape index (κ3) is 23.2. The third-order valence-corrected chi connectivity index (χ3v) is 0.183. The first-order valence-electron chi connectivity index (χ1n) is 0.714. The van der Waals surface area contributed by atoms with Crippen LogP contribution in [0.25, 0.3) is 0 Å². The van der Waals surface area contributed by atoms with Gasteiger partial charge in [-0.15, -0.1) is 0 Å². The summed E-state index contributed by atoms with van der Waals surface area (Å²) >= 11 is 0. The van der Waals surface area contributed by atoms with Gasteiger partial charge < -0.3 is 9.93 Å². The molecule has 0 radical (unpaired) electrons. The van der Waals surface area contributed by atoms with Gasteiger partial charge in [-0.05, 0) is 0 Å². The molecule has 0 fully saturated rings. The van der Waals surface area contributed by atoms with E-state index in [1.54, 1.807) is 0 Å². The number of hydrogen-bond acceptors (Lipinski definition) is 4. The van der Waals surface area contributed by atoms with Gasteiger partial charge in [-0.25, -0.2) is 9.13 Å². The fraction of sp³-hybridized carbons (Fsp3) is 0. The Hall–Kier alpha value is 2.82. The van der Waals surface area contributed by atoms with E-state index in [0.29, 0.717) is 0 Å². The van der Waals surface area contributed by atoms with Crippen molar-refractivity contribution in [1.82, 2.24) is 0 Å². The van der Waals surface area contributed by atoms with Crippen LogP contribution in [-0.2, 0) is 13.8 Å². The van der Waals surface area contributed by atoms with Crippen molar-refractivity contribution in [3.05, 3.63) is 0 Å². The Morgan fingerprint density at radius 1 is 1.12 bits per heavy atom. The molecule has 0 aromatic carbocycles. The van der Waals surface area contributed by atoms with Gasteiger partial charge in [0.2, 0.25) is 0 Å². The molecule has 0 aliphatic carbocycles. The second-order valence-electron chi connectivity index (χ2n) is 0.298. The zero-order chi connectivity index (χ0) is 4.28. The summed E-state index contributed by atoms with van der Waals surface area (Å²) in [5.41, 5.74) is 0. The molecule has 0 heterocycles. The quantitative estimate of drug-likeness (QED) is 0.167. The van der Waals surface area contributed by atoms with Gasteiger partial charge in [0, 0.05) is 0 Å². The van der Waals surface area contributed by atoms with Crippen LogP contribution < -0.4 is 93.9 Å². The van der Waals surface area contributed by atoms with E-state index >= 15 is 0 Å². The summed E-state index contributed by atoms with van der Waals surface area (Å²) in [4.78, 5) is 0. The summed E-state index contributed by atoms with van der Waals surface area (Å²) in [5.74, 6) is 0. The molecule has 0 N–H and O–H groups in total. The van der Waals surface area contributed by atoms with E-state index in [9.17, 15) is 0 Å². The van der Waals surface area contributed by atoms with E-state index in [1.807, 2.05) is 0 Å². The first-order chi connectivity index (χ1) is 2.27. The first-order valence-corrected chi connectivity index (χ1v) is 1.81. The summed E-state index contributed by atoms with van der Waals surface area (Å²) in [5, 5.41) is 8.53. The minimum absolute atomic E-state index is 0. The van der Waals surface area contributed by atoms with Gasteiger partial charge in [-0.1, -0.05) is 0 Å². The topological polar surface area (TPSA) is 66.4 Å². The summed E-state index contributed by atoms with van der Waals surface area (Å²) in [7, 11) is -3.15. The maximum Gasteiger partial charge on any atom is 1.00 e. The molecule has 0 bridgehead atoms. The second kappa shape index (κ2) is 16.4. The molecule has 4 nitrogen and oxygen atoms in total. The first kappa shape index (κ1) is 22.4. The average Bonchev–Trinajstić information content (AvgIpc) is 1.38. The van der Waals surface area contributed by atoms with Crippen LogP contribution in [0.15, 0.2) is 0 Å². The van der Waals surface area contributed by atoms with Gasteiger partial charge in [-0.2, -0.15) is 0 Å². The summed E-state index contributed by atoms with van der Waals surface area (Å²) in [6.45, 7) is 0. The molecular formula is Na3O4P+2. The van der Waals surface area contributed by atoms with E-state index < -0.39 is 7.91 Å². The van der Waals surface area contributed by atoms with Crippen molar-refractivity contribution >= 4 is 7.91 Å². The van der Waals surface area contributed by atoms with Crippen LogP contribution in [0, 0.1) is 0 Å². The summed E-state index contributed by atoms with van der Waals surface area (Å²) in [6, 6.07) is 0. The molecule has 0 aromatic heterocycles. The van der Waals surface area contributed by atoms with Crippen LogP contribution in [0.3, 0.4) is 0 Å².